The Morgan fingerprint density at radius 1 is 1.71 bits per heavy atom. The first-order valence-corrected chi connectivity index (χ1v) is 5.61. The quantitative estimate of drug-likeness (QED) is 0.820. The predicted octanol–water partition coefficient (Wildman–Crippen LogP) is 0.339. The minimum Gasteiger partial charge on any atom is -0.478 e. The first kappa shape index (κ1) is 12.1. The van der Waals surface area contributed by atoms with Gasteiger partial charge in [-0.3, -0.25) is 9.58 Å². The molecule has 0 amide bonds. The molecule has 1 unspecified atom stereocenters. The van der Waals surface area contributed by atoms with Crippen molar-refractivity contribution in [2.24, 2.45) is 7.05 Å². The summed E-state index contributed by atoms with van der Waals surface area (Å²) in [4.78, 5) is 13.2. The van der Waals surface area contributed by atoms with Crippen LogP contribution in [0.25, 0.3) is 0 Å². The highest BCUT2D eigenvalue weighted by atomic mass is 16.5. The summed E-state index contributed by atoms with van der Waals surface area (Å²) in [6.45, 7) is 2.39. The number of rotatable bonds is 4. The normalized spacial score (nSPS) is 20.9. The van der Waals surface area contributed by atoms with Gasteiger partial charge in [0.15, 0.2) is 0 Å². The van der Waals surface area contributed by atoms with E-state index in [1.54, 1.807) is 18.8 Å². The van der Waals surface area contributed by atoms with E-state index in [0.717, 1.165) is 25.2 Å². The lowest BCUT2D eigenvalue weighted by molar-refractivity contribution is 0.0694. The van der Waals surface area contributed by atoms with Crippen molar-refractivity contribution in [2.45, 2.75) is 19.1 Å². The van der Waals surface area contributed by atoms with Crippen molar-refractivity contribution in [3.8, 4) is 0 Å². The summed E-state index contributed by atoms with van der Waals surface area (Å²) in [5.74, 6) is -0.921. The Morgan fingerprint density at radius 2 is 2.47 bits per heavy atom. The second-order valence-corrected chi connectivity index (χ2v) is 4.32. The smallest absolute Gasteiger partial charge is 0.339 e. The lowest BCUT2D eigenvalue weighted by Gasteiger charge is -2.16. The van der Waals surface area contributed by atoms with Gasteiger partial charge in [-0.05, 0) is 6.42 Å². The summed E-state index contributed by atoms with van der Waals surface area (Å²) >= 11 is 0. The largest absolute Gasteiger partial charge is 0.478 e. The third-order valence-corrected chi connectivity index (χ3v) is 3.23. The van der Waals surface area contributed by atoms with Gasteiger partial charge in [0.2, 0.25) is 0 Å². The zero-order chi connectivity index (χ0) is 12.4. The van der Waals surface area contributed by atoms with E-state index in [1.807, 2.05) is 0 Å². The standard InChI is InChI=1S/C11H17N3O3/c1-13-10(9(5-12-13)11(15)16)7-14-4-3-8(6-14)17-2/h5,8H,3-4,6-7H2,1-2H3,(H,15,16). The Kier molecular flexibility index (Phi) is 3.44. The van der Waals surface area contributed by atoms with Crippen molar-refractivity contribution in [1.29, 1.82) is 0 Å². The van der Waals surface area contributed by atoms with E-state index in [4.69, 9.17) is 9.84 Å². The van der Waals surface area contributed by atoms with Gasteiger partial charge >= 0.3 is 5.97 Å². The number of aromatic carboxylic acids is 1. The zero-order valence-corrected chi connectivity index (χ0v) is 10.1. The number of nitrogens with zero attached hydrogens (tertiary/aromatic N) is 3. The number of carbonyl (C=O) groups is 1. The molecule has 6 heteroatoms. The summed E-state index contributed by atoms with van der Waals surface area (Å²) in [6.07, 6.45) is 2.66. The number of hydrogen-bond acceptors (Lipinski definition) is 4. The van der Waals surface area contributed by atoms with Crippen molar-refractivity contribution in [3.05, 3.63) is 17.5 Å². The second-order valence-electron chi connectivity index (χ2n) is 4.32. The maximum Gasteiger partial charge on any atom is 0.339 e. The molecule has 0 saturated carbocycles. The predicted molar refractivity (Wildman–Crippen MR) is 60.9 cm³/mol. The fourth-order valence-electron chi connectivity index (χ4n) is 2.17. The molecule has 1 N–H and O–H groups in total. The molecule has 2 rings (SSSR count). The summed E-state index contributed by atoms with van der Waals surface area (Å²) in [5.41, 5.74) is 1.03. The molecule has 6 nitrogen and oxygen atoms in total. The number of methoxy groups -OCH3 is 1. The Bertz CT molecular complexity index is 416. The maximum absolute atomic E-state index is 11.0. The van der Waals surface area contributed by atoms with Crippen LogP contribution in [-0.2, 0) is 18.3 Å². The van der Waals surface area contributed by atoms with Crippen LogP contribution in [0, 0.1) is 0 Å². The van der Waals surface area contributed by atoms with Crippen molar-refractivity contribution in [2.75, 3.05) is 20.2 Å². The van der Waals surface area contributed by atoms with Gasteiger partial charge < -0.3 is 9.84 Å². The molecule has 0 aromatic carbocycles. The van der Waals surface area contributed by atoms with Crippen LogP contribution in [-0.4, -0.2) is 52.1 Å². The fourth-order valence-corrected chi connectivity index (χ4v) is 2.17. The van der Waals surface area contributed by atoms with Gasteiger partial charge in [0, 0.05) is 33.8 Å². The number of aromatic nitrogens is 2. The first-order chi connectivity index (χ1) is 8.11. The molecule has 1 atom stereocenters. The van der Waals surface area contributed by atoms with Gasteiger partial charge in [-0.15, -0.1) is 0 Å². The lowest BCUT2D eigenvalue weighted by atomic mass is 10.2. The zero-order valence-electron chi connectivity index (χ0n) is 10.1. The molecule has 94 valence electrons. The molecule has 0 radical (unpaired) electrons. The molecule has 2 heterocycles. The number of carboxylic acids is 1. The van der Waals surface area contributed by atoms with E-state index >= 15 is 0 Å². The highest BCUT2D eigenvalue weighted by Gasteiger charge is 2.25. The van der Waals surface area contributed by atoms with Crippen molar-refractivity contribution >= 4 is 5.97 Å². The second kappa shape index (κ2) is 4.85. The molecular formula is C11H17N3O3. The highest BCUT2D eigenvalue weighted by molar-refractivity contribution is 5.88. The Morgan fingerprint density at radius 3 is 3.06 bits per heavy atom. The molecular weight excluding hydrogens is 222 g/mol. The Hall–Kier alpha value is -1.40. The number of ether oxygens (including phenoxy) is 1. The average molecular weight is 239 g/mol. The molecule has 0 spiro atoms. The third kappa shape index (κ3) is 2.48. The molecule has 0 aliphatic carbocycles. The molecule has 1 aromatic heterocycles. The molecule has 1 fully saturated rings. The van der Waals surface area contributed by atoms with Gasteiger partial charge in [0.1, 0.15) is 5.56 Å². The average Bonchev–Trinajstić information content (AvgIpc) is 2.87. The van der Waals surface area contributed by atoms with Crippen LogP contribution < -0.4 is 0 Å². The molecule has 1 aromatic rings. The van der Waals surface area contributed by atoms with Crippen LogP contribution in [0.2, 0.25) is 0 Å². The molecule has 1 saturated heterocycles. The van der Waals surface area contributed by atoms with E-state index in [0.29, 0.717) is 6.54 Å². The highest BCUT2D eigenvalue weighted by Crippen LogP contribution is 2.17. The van der Waals surface area contributed by atoms with Gasteiger partial charge in [0.25, 0.3) is 0 Å². The van der Waals surface area contributed by atoms with Crippen LogP contribution in [0.15, 0.2) is 6.20 Å². The van der Waals surface area contributed by atoms with Crippen LogP contribution in [0.4, 0.5) is 0 Å². The van der Waals surface area contributed by atoms with E-state index in [1.165, 1.54) is 6.20 Å². The maximum atomic E-state index is 11.0. The summed E-state index contributed by atoms with van der Waals surface area (Å²) < 4.78 is 6.92. The van der Waals surface area contributed by atoms with Crippen molar-refractivity contribution < 1.29 is 14.6 Å². The first-order valence-electron chi connectivity index (χ1n) is 5.61. The molecule has 0 bridgehead atoms. The Balaban J connectivity index is 2.08. The van der Waals surface area contributed by atoms with Gasteiger partial charge in [-0.1, -0.05) is 0 Å². The lowest BCUT2D eigenvalue weighted by Crippen LogP contribution is -2.24. The molecule has 1 aliphatic rings. The van der Waals surface area contributed by atoms with E-state index in [9.17, 15) is 4.79 Å². The summed E-state index contributed by atoms with van der Waals surface area (Å²) in [5, 5.41) is 13.1. The summed E-state index contributed by atoms with van der Waals surface area (Å²) in [6, 6.07) is 0. The van der Waals surface area contributed by atoms with Crippen molar-refractivity contribution in [3.63, 3.8) is 0 Å². The number of likely N-dealkylation sites (tertiary alicyclic amines) is 1. The van der Waals surface area contributed by atoms with Gasteiger partial charge in [-0.25, -0.2) is 4.79 Å². The number of aryl methyl sites for hydroxylation is 1. The van der Waals surface area contributed by atoms with Crippen LogP contribution in [0.5, 0.6) is 0 Å². The minimum atomic E-state index is -0.921. The van der Waals surface area contributed by atoms with Gasteiger partial charge in [-0.2, -0.15) is 5.10 Å². The topological polar surface area (TPSA) is 67.6 Å². The fraction of sp³-hybridized carbons (Fsp3) is 0.636. The van der Waals surface area contributed by atoms with Crippen LogP contribution in [0.1, 0.15) is 22.5 Å². The monoisotopic (exact) mass is 239 g/mol. The van der Waals surface area contributed by atoms with E-state index < -0.39 is 5.97 Å². The molecule has 1 aliphatic heterocycles. The minimum absolute atomic E-state index is 0.261. The number of hydrogen-bond donors (Lipinski definition) is 1. The van der Waals surface area contributed by atoms with Crippen LogP contribution in [0.3, 0.4) is 0 Å². The third-order valence-electron chi connectivity index (χ3n) is 3.23. The van der Waals surface area contributed by atoms with Crippen LogP contribution >= 0.6 is 0 Å². The van der Waals surface area contributed by atoms with Crippen molar-refractivity contribution in [1.82, 2.24) is 14.7 Å². The number of carboxylic acid groups (broad SMARTS) is 1. The SMILES string of the molecule is COC1CCN(Cc2c(C(=O)O)cnn2C)C1. The Labute approximate surface area is 99.8 Å². The van der Waals surface area contributed by atoms with E-state index in [-0.39, 0.29) is 11.7 Å². The van der Waals surface area contributed by atoms with E-state index in [2.05, 4.69) is 10.00 Å². The van der Waals surface area contributed by atoms with Gasteiger partial charge in [0.05, 0.1) is 18.0 Å². The summed E-state index contributed by atoms with van der Waals surface area (Å²) in [7, 11) is 3.48. The molecule has 17 heavy (non-hydrogen) atoms.